The Bertz CT molecular complexity index is 868. The molecule has 0 aromatic heterocycles. The van der Waals surface area contributed by atoms with Crippen molar-refractivity contribution in [1.82, 2.24) is 5.32 Å². The van der Waals surface area contributed by atoms with Gasteiger partial charge in [-0.2, -0.15) is 0 Å². The molecule has 156 valence electrons. The maximum absolute atomic E-state index is 12.7. The number of phenols is 1. The van der Waals surface area contributed by atoms with Crippen molar-refractivity contribution in [3.8, 4) is 11.5 Å². The topological polar surface area (TPSA) is 111 Å². The Morgan fingerprint density at radius 2 is 1.79 bits per heavy atom. The fourth-order valence-corrected chi connectivity index (χ4v) is 3.90. The van der Waals surface area contributed by atoms with E-state index in [1.165, 1.54) is 33.3 Å². The fraction of sp³-hybridized carbons (Fsp3) is 0.476. The molecule has 2 aliphatic rings. The zero-order chi connectivity index (χ0) is 21.1. The van der Waals surface area contributed by atoms with E-state index in [2.05, 4.69) is 5.32 Å². The van der Waals surface area contributed by atoms with E-state index in [0.717, 1.165) is 32.1 Å². The van der Waals surface area contributed by atoms with Crippen LogP contribution >= 0.6 is 0 Å². The van der Waals surface area contributed by atoms with Gasteiger partial charge in [-0.3, -0.25) is 9.59 Å². The van der Waals surface area contributed by atoms with Gasteiger partial charge in [-0.25, -0.2) is 4.79 Å². The number of methoxy groups -OCH3 is 2. The Hall–Kier alpha value is -3.03. The quantitative estimate of drug-likeness (QED) is 0.570. The van der Waals surface area contributed by atoms with Gasteiger partial charge in [0.15, 0.2) is 5.78 Å². The third-order valence-corrected chi connectivity index (χ3v) is 5.37. The lowest BCUT2D eigenvalue weighted by Crippen LogP contribution is -2.38. The number of hydrogen-bond acceptors (Lipinski definition) is 8. The minimum absolute atomic E-state index is 0.0131. The molecule has 8 nitrogen and oxygen atoms in total. The first kappa shape index (κ1) is 20.7. The van der Waals surface area contributed by atoms with Crippen molar-refractivity contribution < 1.29 is 33.7 Å². The number of aromatic hydroxyl groups is 1. The first-order valence-corrected chi connectivity index (χ1v) is 9.60. The summed E-state index contributed by atoms with van der Waals surface area (Å²) in [5, 5.41) is 13.9. The molecule has 1 saturated carbocycles. The van der Waals surface area contributed by atoms with Crippen LogP contribution < -0.4 is 10.1 Å². The van der Waals surface area contributed by atoms with Gasteiger partial charge in [0.05, 0.1) is 25.3 Å². The van der Waals surface area contributed by atoms with E-state index in [9.17, 15) is 19.5 Å². The van der Waals surface area contributed by atoms with Crippen LogP contribution in [0.2, 0.25) is 0 Å². The van der Waals surface area contributed by atoms with Gasteiger partial charge in [0, 0.05) is 6.04 Å². The minimum atomic E-state index is -1.29. The summed E-state index contributed by atoms with van der Waals surface area (Å²) >= 11 is 0. The van der Waals surface area contributed by atoms with Crippen molar-refractivity contribution >= 4 is 17.7 Å². The van der Waals surface area contributed by atoms with E-state index in [-0.39, 0.29) is 40.2 Å². The Morgan fingerprint density at radius 3 is 2.38 bits per heavy atom. The molecule has 1 aliphatic carbocycles. The highest BCUT2D eigenvalue weighted by Gasteiger charge is 2.43. The van der Waals surface area contributed by atoms with Gasteiger partial charge in [0.1, 0.15) is 23.0 Å². The van der Waals surface area contributed by atoms with Crippen LogP contribution in [-0.2, 0) is 19.1 Å². The van der Waals surface area contributed by atoms with E-state index in [1.54, 1.807) is 0 Å². The van der Waals surface area contributed by atoms with Crippen molar-refractivity contribution in [2.24, 2.45) is 0 Å². The maximum Gasteiger partial charge on any atom is 0.340 e. The lowest BCUT2D eigenvalue weighted by molar-refractivity contribution is -0.145. The van der Waals surface area contributed by atoms with Crippen LogP contribution in [0, 0.1) is 0 Å². The van der Waals surface area contributed by atoms with Gasteiger partial charge in [-0.15, -0.1) is 0 Å². The summed E-state index contributed by atoms with van der Waals surface area (Å²) in [5.41, 5.74) is -0.0540. The zero-order valence-corrected chi connectivity index (χ0v) is 16.7. The summed E-state index contributed by atoms with van der Waals surface area (Å²) in [7, 11) is 2.38. The predicted molar refractivity (Wildman–Crippen MR) is 103 cm³/mol. The predicted octanol–water partition coefficient (Wildman–Crippen LogP) is 2.55. The Kier molecular flexibility index (Phi) is 6.10. The number of fused-ring (bicyclic) bond motifs is 1. The first-order chi connectivity index (χ1) is 13.9. The Morgan fingerprint density at radius 1 is 1.10 bits per heavy atom. The number of nitrogens with one attached hydrogen (secondary N) is 1. The molecule has 1 fully saturated rings. The number of ketones is 1. The van der Waals surface area contributed by atoms with Gasteiger partial charge in [-0.1, -0.05) is 19.3 Å². The number of phenolic OH excluding ortho intramolecular Hbond substituents is 1. The molecule has 0 saturated heterocycles. The lowest BCUT2D eigenvalue weighted by atomic mass is 9.86. The van der Waals surface area contributed by atoms with Crippen molar-refractivity contribution in [2.45, 2.75) is 51.0 Å². The van der Waals surface area contributed by atoms with E-state index in [1.807, 2.05) is 0 Å². The van der Waals surface area contributed by atoms with Crippen LogP contribution in [0.4, 0.5) is 0 Å². The smallest absolute Gasteiger partial charge is 0.340 e. The van der Waals surface area contributed by atoms with Crippen LogP contribution in [-0.4, -0.2) is 43.1 Å². The lowest BCUT2D eigenvalue weighted by Gasteiger charge is -2.32. The summed E-state index contributed by atoms with van der Waals surface area (Å²) in [6, 6.07) is 3.01. The van der Waals surface area contributed by atoms with Gasteiger partial charge in [0.25, 0.3) is 0 Å². The Labute approximate surface area is 168 Å². The largest absolute Gasteiger partial charge is 0.507 e. The zero-order valence-electron chi connectivity index (χ0n) is 16.7. The number of benzene rings is 1. The third-order valence-electron chi connectivity index (χ3n) is 5.37. The number of esters is 2. The second kappa shape index (κ2) is 8.55. The van der Waals surface area contributed by atoms with Crippen LogP contribution in [0.15, 0.2) is 23.6 Å². The number of ether oxygens (including phenoxy) is 3. The molecule has 1 aliphatic heterocycles. The molecule has 1 heterocycles. The monoisotopic (exact) mass is 403 g/mol. The average molecular weight is 403 g/mol. The number of carbonyl (C=O) groups excluding carboxylic acids is 3. The molecule has 3 rings (SSSR count). The van der Waals surface area contributed by atoms with Crippen LogP contribution in [0.1, 0.15) is 60.9 Å². The molecule has 0 radical (unpaired) electrons. The molecule has 1 aromatic rings. The SMILES string of the molecule is COC(=O)C1=C(NC2CCCCC2)Oc2ccc(C(C)=O)c(O)c2C1C(=O)OC. The summed E-state index contributed by atoms with van der Waals surface area (Å²) in [6.07, 6.45) is 5.07. The normalized spacial score (nSPS) is 19.1. The highest BCUT2D eigenvalue weighted by atomic mass is 16.5. The average Bonchev–Trinajstić information content (AvgIpc) is 2.72. The standard InChI is InChI=1S/C21H25NO7/c1-11(23)13-9-10-14-15(18(13)24)16(20(25)27-2)17(21(26)28-3)19(29-14)22-12-7-5-4-6-8-12/h9-10,12,16,22,24H,4-8H2,1-3H3. The summed E-state index contributed by atoms with van der Waals surface area (Å²) < 4.78 is 15.7. The van der Waals surface area contributed by atoms with Crippen LogP contribution in [0.3, 0.4) is 0 Å². The molecule has 0 spiro atoms. The minimum Gasteiger partial charge on any atom is -0.507 e. The van der Waals surface area contributed by atoms with Gasteiger partial charge >= 0.3 is 11.9 Å². The number of hydrogen-bond donors (Lipinski definition) is 2. The van der Waals surface area contributed by atoms with Crippen molar-refractivity contribution in [2.75, 3.05) is 14.2 Å². The second-order valence-corrected chi connectivity index (χ2v) is 7.20. The summed E-state index contributed by atoms with van der Waals surface area (Å²) in [6.45, 7) is 1.30. The van der Waals surface area contributed by atoms with E-state index in [4.69, 9.17) is 14.2 Å². The van der Waals surface area contributed by atoms with Crippen LogP contribution in [0.25, 0.3) is 0 Å². The highest BCUT2D eigenvalue weighted by Crippen LogP contribution is 2.46. The van der Waals surface area contributed by atoms with E-state index < -0.39 is 23.6 Å². The molecular weight excluding hydrogens is 378 g/mol. The third kappa shape index (κ3) is 3.92. The molecule has 0 bridgehead atoms. The molecule has 29 heavy (non-hydrogen) atoms. The number of rotatable bonds is 5. The molecular formula is C21H25NO7. The summed E-state index contributed by atoms with van der Waals surface area (Å²) in [5.74, 6) is -3.35. The number of carbonyl (C=O) groups is 3. The van der Waals surface area contributed by atoms with Crippen molar-refractivity contribution in [3.05, 3.63) is 34.7 Å². The summed E-state index contributed by atoms with van der Waals surface area (Å²) in [4.78, 5) is 37.2. The van der Waals surface area contributed by atoms with Crippen LogP contribution in [0.5, 0.6) is 11.5 Å². The van der Waals surface area contributed by atoms with Gasteiger partial charge in [0.2, 0.25) is 5.88 Å². The molecule has 2 N–H and O–H groups in total. The first-order valence-electron chi connectivity index (χ1n) is 9.60. The van der Waals surface area contributed by atoms with E-state index in [0.29, 0.717) is 0 Å². The molecule has 8 heteroatoms. The maximum atomic E-state index is 12.7. The fourth-order valence-electron chi connectivity index (χ4n) is 3.90. The molecule has 0 amide bonds. The second-order valence-electron chi connectivity index (χ2n) is 7.20. The molecule has 1 unspecified atom stereocenters. The Balaban J connectivity index is 2.16. The van der Waals surface area contributed by atoms with Gasteiger partial charge < -0.3 is 24.6 Å². The molecule has 1 atom stereocenters. The van der Waals surface area contributed by atoms with Gasteiger partial charge in [-0.05, 0) is 31.9 Å². The van der Waals surface area contributed by atoms with E-state index >= 15 is 0 Å². The van der Waals surface area contributed by atoms with Crippen molar-refractivity contribution in [1.29, 1.82) is 0 Å². The van der Waals surface area contributed by atoms with Crippen molar-refractivity contribution in [3.63, 3.8) is 0 Å². The highest BCUT2D eigenvalue weighted by molar-refractivity contribution is 6.03. The number of Topliss-reactive ketones (excluding diaryl/α,β-unsaturated/α-hetero) is 1. The molecule has 1 aromatic carbocycles.